The number of nitrogens with one attached hydrogen (secondary N) is 1. The summed E-state index contributed by atoms with van der Waals surface area (Å²) in [6.07, 6.45) is 0.693. The number of hydrogen-bond acceptors (Lipinski definition) is 8. The van der Waals surface area contributed by atoms with E-state index in [-0.39, 0.29) is 5.57 Å². The maximum Gasteiger partial charge on any atom is 0.262 e. The first-order chi connectivity index (χ1) is 18.9. The van der Waals surface area contributed by atoms with Crippen LogP contribution in [0.3, 0.4) is 0 Å². The summed E-state index contributed by atoms with van der Waals surface area (Å²) in [5.74, 6) is -0.767. The largest absolute Gasteiger partial charge is 0.388 e. The molecule has 1 aromatic heterocycles. The quantitative estimate of drug-likeness (QED) is 0.273. The Hall–Kier alpha value is -3.26. The number of carbonyl (C=O) groups is 1. The van der Waals surface area contributed by atoms with Gasteiger partial charge in [0.15, 0.2) is 6.29 Å². The number of ether oxygens (including phenoxy) is 1. The van der Waals surface area contributed by atoms with E-state index in [9.17, 15) is 25.4 Å². The van der Waals surface area contributed by atoms with E-state index >= 15 is 0 Å². The summed E-state index contributed by atoms with van der Waals surface area (Å²) in [4.78, 5) is 17.0. The number of aliphatic hydroxyl groups is 3. The fourth-order valence-corrected chi connectivity index (χ4v) is 6.23. The lowest BCUT2D eigenvalue weighted by Crippen LogP contribution is -2.63. The number of rotatable bonds is 6. The summed E-state index contributed by atoms with van der Waals surface area (Å²) in [5, 5.41) is 45.2. The van der Waals surface area contributed by atoms with Gasteiger partial charge in [0.1, 0.15) is 29.9 Å². The highest BCUT2D eigenvalue weighted by Crippen LogP contribution is 2.33. The van der Waals surface area contributed by atoms with E-state index < -0.39 is 36.6 Å². The molecule has 2 fully saturated rings. The van der Waals surface area contributed by atoms with E-state index in [0.717, 1.165) is 28.9 Å². The van der Waals surface area contributed by atoms with Crippen LogP contribution in [0, 0.1) is 11.3 Å². The van der Waals surface area contributed by atoms with Crippen LogP contribution in [0.15, 0.2) is 54.1 Å². The zero-order chi connectivity index (χ0) is 27.5. The molecule has 1 amide bonds. The molecule has 2 aliphatic heterocycles. The van der Waals surface area contributed by atoms with Gasteiger partial charge in [-0.15, -0.1) is 11.3 Å². The van der Waals surface area contributed by atoms with Crippen molar-refractivity contribution in [3.05, 3.63) is 59.0 Å². The van der Waals surface area contributed by atoms with Crippen molar-refractivity contribution >= 4 is 39.8 Å². The van der Waals surface area contributed by atoms with Gasteiger partial charge in [0.05, 0.1) is 6.10 Å². The Morgan fingerprint density at radius 1 is 1.08 bits per heavy atom. The van der Waals surface area contributed by atoms with Crippen molar-refractivity contribution in [3.8, 4) is 16.5 Å². The molecule has 0 radical (unpaired) electrons. The minimum atomic E-state index is -1.51. The zero-order valence-corrected chi connectivity index (χ0v) is 22.6. The average Bonchev–Trinajstić information content (AvgIpc) is 3.44. The second-order valence-corrected chi connectivity index (χ2v) is 11.2. The van der Waals surface area contributed by atoms with E-state index in [1.807, 2.05) is 18.2 Å². The lowest BCUT2D eigenvalue weighted by molar-refractivity contribution is -0.247. The van der Waals surface area contributed by atoms with Crippen LogP contribution in [0.1, 0.15) is 37.5 Å². The molecule has 3 heterocycles. The standard InChI is InChI=1S/C30H33N3O5S/c1-2-24-27(34)28(35)26(30(37)38-24)32-29(36)21(17-31)16-23-10-11-25(39-23)20-7-6-19-15-22(9-8-18(19)14-20)33-12-4-3-5-13-33/h6-11,14-16,24,26-28,30,34-35,37H,2-5,12-13H2,1H3,(H,32,36)/b21-16+/t24-,26-,27-,28-,30?/m1/s1. The Kier molecular flexibility index (Phi) is 8.31. The molecule has 5 atom stereocenters. The van der Waals surface area contributed by atoms with Crippen LogP contribution < -0.4 is 10.2 Å². The van der Waals surface area contributed by atoms with Gasteiger partial charge in [0.2, 0.25) is 0 Å². The fourth-order valence-electron chi connectivity index (χ4n) is 5.28. The number of aliphatic hydroxyl groups excluding tert-OH is 3. The van der Waals surface area contributed by atoms with Gasteiger partial charge in [-0.25, -0.2) is 0 Å². The number of anilines is 1. The lowest BCUT2D eigenvalue weighted by atomic mass is 9.95. The first kappa shape index (κ1) is 27.3. The number of thiophene rings is 1. The molecule has 5 rings (SSSR count). The SMILES string of the molecule is CC[C@H]1OC(O)[C@H](NC(=O)/C(C#N)=C/c2ccc(-c3ccc4cc(N5CCCCC5)ccc4c3)s2)[C@@H](O)[C@@H]1O. The smallest absolute Gasteiger partial charge is 0.262 e. The van der Waals surface area contributed by atoms with Gasteiger partial charge in [0, 0.05) is 28.5 Å². The Morgan fingerprint density at radius 3 is 2.56 bits per heavy atom. The Morgan fingerprint density at radius 2 is 1.82 bits per heavy atom. The molecule has 0 saturated carbocycles. The third-order valence-corrected chi connectivity index (χ3v) is 8.61. The molecule has 2 saturated heterocycles. The van der Waals surface area contributed by atoms with Crippen molar-refractivity contribution in [2.45, 2.75) is 63.3 Å². The molecule has 8 nitrogen and oxygen atoms in total. The van der Waals surface area contributed by atoms with Crippen LogP contribution in [-0.2, 0) is 9.53 Å². The topological polar surface area (TPSA) is 126 Å². The summed E-state index contributed by atoms with van der Waals surface area (Å²) >= 11 is 1.45. The Balaban J connectivity index is 1.30. The minimum absolute atomic E-state index is 0.182. The molecule has 0 bridgehead atoms. The third kappa shape index (κ3) is 5.86. The second-order valence-electron chi connectivity index (χ2n) is 10.1. The molecule has 2 aromatic carbocycles. The summed E-state index contributed by atoms with van der Waals surface area (Å²) in [5.41, 5.74) is 2.13. The van der Waals surface area contributed by atoms with Gasteiger partial charge < -0.3 is 30.3 Å². The molecule has 204 valence electrons. The first-order valence-electron chi connectivity index (χ1n) is 13.4. The van der Waals surface area contributed by atoms with Crippen molar-refractivity contribution in [1.82, 2.24) is 5.32 Å². The van der Waals surface area contributed by atoms with Gasteiger partial charge in [0.25, 0.3) is 5.91 Å². The third-order valence-electron chi connectivity index (χ3n) is 7.53. The number of nitriles is 1. The van der Waals surface area contributed by atoms with E-state index in [1.165, 1.54) is 47.7 Å². The van der Waals surface area contributed by atoms with E-state index in [2.05, 4.69) is 46.6 Å². The van der Waals surface area contributed by atoms with Gasteiger partial charge in [-0.1, -0.05) is 25.1 Å². The molecule has 2 aliphatic rings. The second kappa shape index (κ2) is 11.9. The zero-order valence-electron chi connectivity index (χ0n) is 21.8. The fraction of sp³-hybridized carbons (Fsp3) is 0.400. The number of piperidine rings is 1. The summed E-state index contributed by atoms with van der Waals surface area (Å²) in [6, 6.07) is 17.4. The van der Waals surface area contributed by atoms with Crippen molar-refractivity contribution in [3.63, 3.8) is 0 Å². The number of nitrogens with zero attached hydrogens (tertiary/aromatic N) is 2. The van der Waals surface area contributed by atoms with Crippen LogP contribution in [0.5, 0.6) is 0 Å². The van der Waals surface area contributed by atoms with Crippen molar-refractivity contribution in [1.29, 1.82) is 5.26 Å². The Bertz CT molecular complexity index is 1410. The van der Waals surface area contributed by atoms with Crippen molar-refractivity contribution in [2.75, 3.05) is 18.0 Å². The molecule has 9 heteroatoms. The average molecular weight is 548 g/mol. The van der Waals surface area contributed by atoms with Crippen molar-refractivity contribution in [2.24, 2.45) is 0 Å². The van der Waals surface area contributed by atoms with E-state index in [1.54, 1.807) is 6.92 Å². The van der Waals surface area contributed by atoms with Gasteiger partial charge >= 0.3 is 0 Å². The highest BCUT2D eigenvalue weighted by molar-refractivity contribution is 7.16. The van der Waals surface area contributed by atoms with Gasteiger partial charge in [-0.05, 0) is 78.4 Å². The molecule has 39 heavy (non-hydrogen) atoms. The van der Waals surface area contributed by atoms with E-state index in [4.69, 9.17) is 4.74 Å². The number of fused-ring (bicyclic) bond motifs is 1. The molecule has 1 unspecified atom stereocenters. The maximum atomic E-state index is 12.8. The van der Waals surface area contributed by atoms with E-state index in [0.29, 0.717) is 11.3 Å². The predicted molar refractivity (Wildman–Crippen MR) is 152 cm³/mol. The molecule has 4 N–H and O–H groups in total. The first-order valence-corrected chi connectivity index (χ1v) is 14.2. The molecule has 0 aliphatic carbocycles. The molecular formula is C30H33N3O5S. The number of benzene rings is 2. The van der Waals surface area contributed by atoms with Crippen LogP contribution in [0.25, 0.3) is 27.3 Å². The van der Waals surface area contributed by atoms with Crippen LogP contribution in [0.4, 0.5) is 5.69 Å². The maximum absolute atomic E-state index is 12.8. The number of amides is 1. The summed E-state index contributed by atoms with van der Waals surface area (Å²) in [7, 11) is 0. The number of hydrogen-bond donors (Lipinski definition) is 4. The molecular weight excluding hydrogens is 514 g/mol. The monoisotopic (exact) mass is 547 g/mol. The summed E-state index contributed by atoms with van der Waals surface area (Å²) < 4.78 is 5.31. The summed E-state index contributed by atoms with van der Waals surface area (Å²) in [6.45, 7) is 3.96. The highest BCUT2D eigenvalue weighted by Gasteiger charge is 2.44. The van der Waals surface area contributed by atoms with Gasteiger partial charge in [-0.2, -0.15) is 5.26 Å². The lowest BCUT2D eigenvalue weighted by Gasteiger charge is -2.40. The van der Waals surface area contributed by atoms with Crippen molar-refractivity contribution < 1.29 is 24.9 Å². The molecule has 0 spiro atoms. The van der Waals surface area contributed by atoms with Crippen LogP contribution in [0.2, 0.25) is 0 Å². The normalized spacial score (nSPS) is 25.9. The van der Waals surface area contributed by atoms with Gasteiger partial charge in [-0.3, -0.25) is 4.79 Å². The predicted octanol–water partition coefficient (Wildman–Crippen LogP) is 3.80. The molecule has 3 aromatic rings. The highest BCUT2D eigenvalue weighted by atomic mass is 32.1. The minimum Gasteiger partial charge on any atom is -0.388 e. The van der Waals surface area contributed by atoms with Crippen LogP contribution in [-0.4, -0.2) is 65.0 Å². The Labute approximate surface area is 231 Å². The van der Waals surface area contributed by atoms with Crippen LogP contribution >= 0.6 is 11.3 Å². The number of carbonyl (C=O) groups excluding carboxylic acids is 1.